The van der Waals surface area contributed by atoms with Gasteiger partial charge in [-0.15, -0.1) is 0 Å². The molecule has 0 amide bonds. The van der Waals surface area contributed by atoms with Gasteiger partial charge in [0.2, 0.25) is 0 Å². The first kappa shape index (κ1) is 11.2. The summed E-state index contributed by atoms with van der Waals surface area (Å²) in [4.78, 5) is 5.55. The van der Waals surface area contributed by atoms with Crippen LogP contribution in [0.3, 0.4) is 0 Å². The molecule has 0 aliphatic rings. The third-order valence-electron chi connectivity index (χ3n) is 1.97. The van der Waals surface area contributed by atoms with Gasteiger partial charge in [-0.3, -0.25) is 10.8 Å². The minimum absolute atomic E-state index is 0. The summed E-state index contributed by atoms with van der Waals surface area (Å²) in [5.41, 5.74) is 6.01. The van der Waals surface area contributed by atoms with E-state index in [1.54, 1.807) is 18.2 Å². The Hall–Kier alpha value is -1.91. The van der Waals surface area contributed by atoms with E-state index in [1.807, 2.05) is 13.8 Å². The monoisotopic (exact) mass is 207 g/mol. The number of nitrogen functional groups attached to an aromatic ring is 1. The Morgan fingerprint density at radius 2 is 2.27 bits per heavy atom. The summed E-state index contributed by atoms with van der Waals surface area (Å²) in [5.74, 6) is 0.568. The molecule has 82 valence electrons. The van der Waals surface area contributed by atoms with Crippen LogP contribution in [0, 0.1) is 10.8 Å². The van der Waals surface area contributed by atoms with Crippen molar-refractivity contribution in [1.82, 2.24) is 9.88 Å². The lowest BCUT2D eigenvalue weighted by Gasteiger charge is -2.23. The van der Waals surface area contributed by atoms with Crippen molar-refractivity contribution in [3.05, 3.63) is 23.9 Å². The minimum Gasteiger partial charge on any atom is -0.384 e. The Morgan fingerprint density at radius 1 is 1.60 bits per heavy atom. The Morgan fingerprint density at radius 3 is 2.73 bits per heavy atom. The van der Waals surface area contributed by atoms with Crippen LogP contribution in [0.25, 0.3) is 0 Å². The molecule has 0 bridgehead atoms. The maximum absolute atomic E-state index is 7.87. The molecule has 5 heteroatoms. The third kappa shape index (κ3) is 2.52. The van der Waals surface area contributed by atoms with E-state index in [0.29, 0.717) is 11.5 Å². The zero-order chi connectivity index (χ0) is 11.4. The number of pyridine rings is 1. The molecule has 0 aliphatic carbocycles. The van der Waals surface area contributed by atoms with Gasteiger partial charge in [0.1, 0.15) is 11.5 Å². The average Bonchev–Trinajstić information content (AvgIpc) is 2.18. The van der Waals surface area contributed by atoms with Crippen molar-refractivity contribution in [3.8, 4) is 0 Å². The highest BCUT2D eigenvalue weighted by molar-refractivity contribution is 6.01. The molecule has 0 aromatic carbocycles. The summed E-state index contributed by atoms with van der Waals surface area (Å²) in [6.45, 7) is 3.82. The van der Waals surface area contributed by atoms with E-state index in [0.717, 1.165) is 6.34 Å². The van der Waals surface area contributed by atoms with Crippen molar-refractivity contribution in [3.63, 3.8) is 0 Å². The highest BCUT2D eigenvalue weighted by atomic mass is 15.2. The van der Waals surface area contributed by atoms with Crippen molar-refractivity contribution in [2.75, 3.05) is 5.73 Å². The first-order valence-corrected chi connectivity index (χ1v) is 4.66. The first-order chi connectivity index (χ1) is 7.06. The Bertz CT molecular complexity index is 377. The Balaban J connectivity index is 0.00000225. The minimum atomic E-state index is 0. The van der Waals surface area contributed by atoms with E-state index in [1.165, 1.54) is 4.90 Å². The standard InChI is InChI=1S/C10H15N5.H2/c1-7(2)15(6-11)10(13)8-4-3-5-9(12)14-8;/h3-7,11,13H,1-2H3,(H2,12,14);1H. The highest BCUT2D eigenvalue weighted by Gasteiger charge is 2.13. The van der Waals surface area contributed by atoms with E-state index in [-0.39, 0.29) is 13.3 Å². The largest absolute Gasteiger partial charge is 0.384 e. The average molecular weight is 207 g/mol. The van der Waals surface area contributed by atoms with Crippen LogP contribution in [-0.4, -0.2) is 28.1 Å². The molecule has 0 spiro atoms. The van der Waals surface area contributed by atoms with Gasteiger partial charge in [0.25, 0.3) is 0 Å². The number of nitrogens with two attached hydrogens (primary N) is 1. The lowest BCUT2D eigenvalue weighted by Crippen LogP contribution is -2.36. The molecular formula is C10H17N5. The zero-order valence-electron chi connectivity index (χ0n) is 8.86. The van der Waals surface area contributed by atoms with Crippen LogP contribution in [0.2, 0.25) is 0 Å². The predicted octanol–water partition coefficient (Wildman–Crippen LogP) is 1.55. The van der Waals surface area contributed by atoms with Gasteiger partial charge in [-0.25, -0.2) is 4.98 Å². The number of anilines is 1. The fourth-order valence-electron chi connectivity index (χ4n) is 1.19. The summed E-state index contributed by atoms with van der Waals surface area (Å²) < 4.78 is 0. The molecule has 1 aromatic rings. The van der Waals surface area contributed by atoms with Crippen LogP contribution in [-0.2, 0) is 0 Å². The number of nitrogens with zero attached hydrogens (tertiary/aromatic N) is 2. The van der Waals surface area contributed by atoms with E-state index < -0.39 is 0 Å². The molecule has 0 aliphatic heterocycles. The van der Waals surface area contributed by atoms with E-state index >= 15 is 0 Å². The normalized spacial score (nSPS) is 10.1. The number of amidine groups is 1. The summed E-state index contributed by atoms with van der Waals surface area (Å²) in [6, 6.07) is 5.17. The molecule has 0 radical (unpaired) electrons. The van der Waals surface area contributed by atoms with E-state index in [9.17, 15) is 0 Å². The topological polar surface area (TPSA) is 89.9 Å². The van der Waals surface area contributed by atoms with Crippen LogP contribution in [0.5, 0.6) is 0 Å². The predicted molar refractivity (Wildman–Crippen MR) is 63.4 cm³/mol. The van der Waals surface area contributed by atoms with Gasteiger partial charge in [0.05, 0.1) is 6.34 Å². The van der Waals surface area contributed by atoms with Crippen molar-refractivity contribution in [2.24, 2.45) is 0 Å². The molecule has 15 heavy (non-hydrogen) atoms. The summed E-state index contributed by atoms with van der Waals surface area (Å²) in [5, 5.41) is 15.1. The lowest BCUT2D eigenvalue weighted by molar-refractivity contribution is 0.507. The Labute approximate surface area is 90.4 Å². The first-order valence-electron chi connectivity index (χ1n) is 4.66. The number of aromatic nitrogens is 1. The molecule has 0 saturated heterocycles. The molecule has 0 atom stereocenters. The van der Waals surface area contributed by atoms with Crippen LogP contribution < -0.4 is 5.73 Å². The number of hydrogen-bond acceptors (Lipinski definition) is 4. The number of rotatable bonds is 3. The van der Waals surface area contributed by atoms with Gasteiger partial charge in [-0.05, 0) is 26.0 Å². The van der Waals surface area contributed by atoms with Crippen LogP contribution in [0.15, 0.2) is 18.2 Å². The molecule has 0 unspecified atom stereocenters. The molecule has 1 heterocycles. The molecule has 0 fully saturated rings. The number of nitrogens with one attached hydrogen (secondary N) is 2. The number of hydrogen-bond donors (Lipinski definition) is 3. The molecule has 0 saturated carbocycles. The lowest BCUT2D eigenvalue weighted by atomic mass is 10.2. The molecule has 1 aromatic heterocycles. The molecular weight excluding hydrogens is 190 g/mol. The van der Waals surface area contributed by atoms with Crippen LogP contribution >= 0.6 is 0 Å². The second-order valence-corrected chi connectivity index (χ2v) is 3.43. The molecule has 1 rings (SSSR count). The second-order valence-electron chi connectivity index (χ2n) is 3.43. The SMILES string of the molecule is CC(C)N(C=N)C(=N)c1cccc(N)n1.[HH]. The Kier molecular flexibility index (Phi) is 3.38. The highest BCUT2D eigenvalue weighted by Crippen LogP contribution is 2.06. The van der Waals surface area contributed by atoms with Gasteiger partial charge in [0.15, 0.2) is 5.84 Å². The van der Waals surface area contributed by atoms with Gasteiger partial charge in [0, 0.05) is 7.47 Å². The fraction of sp³-hybridized carbons (Fsp3) is 0.300. The van der Waals surface area contributed by atoms with Gasteiger partial charge >= 0.3 is 0 Å². The quantitative estimate of drug-likeness (QED) is 0.519. The second kappa shape index (κ2) is 4.54. The van der Waals surface area contributed by atoms with Crippen molar-refractivity contribution in [2.45, 2.75) is 19.9 Å². The zero-order valence-corrected chi connectivity index (χ0v) is 8.86. The van der Waals surface area contributed by atoms with Crippen molar-refractivity contribution >= 4 is 18.0 Å². The molecule has 4 N–H and O–H groups in total. The van der Waals surface area contributed by atoms with Gasteiger partial charge < -0.3 is 10.6 Å². The smallest absolute Gasteiger partial charge is 0.152 e. The maximum atomic E-state index is 7.87. The van der Waals surface area contributed by atoms with Gasteiger partial charge in [-0.2, -0.15) is 0 Å². The summed E-state index contributed by atoms with van der Waals surface area (Å²) in [6.07, 6.45) is 1.12. The van der Waals surface area contributed by atoms with Crippen LogP contribution in [0.4, 0.5) is 5.82 Å². The summed E-state index contributed by atoms with van der Waals surface area (Å²) in [7, 11) is 0. The summed E-state index contributed by atoms with van der Waals surface area (Å²) >= 11 is 0. The maximum Gasteiger partial charge on any atom is 0.152 e. The van der Waals surface area contributed by atoms with E-state index in [4.69, 9.17) is 16.6 Å². The molecule has 5 nitrogen and oxygen atoms in total. The van der Waals surface area contributed by atoms with Gasteiger partial charge in [-0.1, -0.05) is 6.07 Å². The van der Waals surface area contributed by atoms with Crippen molar-refractivity contribution in [1.29, 1.82) is 10.8 Å². The van der Waals surface area contributed by atoms with E-state index in [2.05, 4.69) is 4.98 Å². The third-order valence-corrected chi connectivity index (χ3v) is 1.97. The fourth-order valence-corrected chi connectivity index (χ4v) is 1.19. The van der Waals surface area contributed by atoms with Crippen molar-refractivity contribution < 1.29 is 1.43 Å². The van der Waals surface area contributed by atoms with Crippen LogP contribution in [0.1, 0.15) is 21.0 Å².